The molecule has 1 unspecified atom stereocenters. The first-order chi connectivity index (χ1) is 6.75. The van der Waals surface area contributed by atoms with Gasteiger partial charge < -0.3 is 5.11 Å². The Labute approximate surface area is 84.1 Å². The molecule has 0 spiro atoms. The SMILES string of the molecule is N#CCCCN1CCCCC1C(=O)O. The topological polar surface area (TPSA) is 64.3 Å². The van der Waals surface area contributed by atoms with Crippen LogP contribution in [0, 0.1) is 11.3 Å². The van der Waals surface area contributed by atoms with E-state index in [-0.39, 0.29) is 6.04 Å². The van der Waals surface area contributed by atoms with Crippen LogP contribution in [0.1, 0.15) is 32.1 Å². The lowest BCUT2D eigenvalue weighted by molar-refractivity contribution is -0.144. The number of nitriles is 1. The molecule has 1 aliphatic heterocycles. The van der Waals surface area contributed by atoms with E-state index in [0.717, 1.165) is 38.8 Å². The number of carboxylic acids is 1. The number of aliphatic carboxylic acids is 1. The molecule has 1 aliphatic rings. The van der Waals surface area contributed by atoms with Gasteiger partial charge in [0.25, 0.3) is 0 Å². The molecule has 0 aromatic heterocycles. The predicted octanol–water partition coefficient (Wildman–Crippen LogP) is 1.23. The van der Waals surface area contributed by atoms with Crippen molar-refractivity contribution in [2.24, 2.45) is 0 Å². The van der Waals surface area contributed by atoms with Gasteiger partial charge in [-0.15, -0.1) is 0 Å². The van der Waals surface area contributed by atoms with Crippen LogP contribution in [0.25, 0.3) is 0 Å². The fraction of sp³-hybridized carbons (Fsp3) is 0.800. The van der Waals surface area contributed by atoms with E-state index in [2.05, 4.69) is 6.07 Å². The van der Waals surface area contributed by atoms with E-state index in [1.54, 1.807) is 0 Å². The third-order valence-corrected chi connectivity index (χ3v) is 2.63. The summed E-state index contributed by atoms with van der Waals surface area (Å²) in [6.07, 6.45) is 4.13. The standard InChI is InChI=1S/C10H16N2O2/c11-6-2-4-8-12-7-3-1-5-9(12)10(13)14/h9H,1-5,7-8H2,(H,13,14). The first-order valence-corrected chi connectivity index (χ1v) is 5.09. The molecule has 0 radical (unpaired) electrons. The number of rotatable bonds is 4. The van der Waals surface area contributed by atoms with Crippen molar-refractivity contribution in [3.63, 3.8) is 0 Å². The molecule has 0 saturated carbocycles. The first kappa shape index (κ1) is 11.0. The zero-order valence-electron chi connectivity index (χ0n) is 8.28. The summed E-state index contributed by atoms with van der Waals surface area (Å²) >= 11 is 0. The minimum atomic E-state index is -0.721. The Morgan fingerprint density at radius 2 is 2.36 bits per heavy atom. The molecular weight excluding hydrogens is 180 g/mol. The fourth-order valence-electron chi connectivity index (χ4n) is 1.90. The van der Waals surface area contributed by atoms with E-state index in [0.29, 0.717) is 6.42 Å². The summed E-state index contributed by atoms with van der Waals surface area (Å²) in [7, 11) is 0. The van der Waals surface area contributed by atoms with Crippen LogP contribution >= 0.6 is 0 Å². The van der Waals surface area contributed by atoms with Gasteiger partial charge >= 0.3 is 5.97 Å². The lowest BCUT2D eigenvalue weighted by Gasteiger charge is -2.32. The number of hydrogen-bond acceptors (Lipinski definition) is 3. The van der Waals surface area contributed by atoms with Gasteiger partial charge in [-0.05, 0) is 32.4 Å². The van der Waals surface area contributed by atoms with Crippen LogP contribution in [-0.2, 0) is 4.79 Å². The van der Waals surface area contributed by atoms with Crippen molar-refractivity contribution in [3.8, 4) is 6.07 Å². The molecule has 0 aromatic rings. The minimum Gasteiger partial charge on any atom is -0.480 e. The molecule has 0 bridgehead atoms. The summed E-state index contributed by atoms with van der Waals surface area (Å²) in [5.74, 6) is -0.721. The quantitative estimate of drug-likeness (QED) is 0.687. The van der Waals surface area contributed by atoms with Gasteiger partial charge in [-0.3, -0.25) is 9.69 Å². The minimum absolute atomic E-state index is 0.317. The molecule has 78 valence electrons. The number of likely N-dealkylation sites (tertiary alicyclic amines) is 1. The molecule has 1 rings (SSSR count). The maximum Gasteiger partial charge on any atom is 0.320 e. The molecule has 0 aromatic carbocycles. The van der Waals surface area contributed by atoms with Crippen molar-refractivity contribution in [1.82, 2.24) is 4.90 Å². The summed E-state index contributed by atoms with van der Waals surface area (Å²) in [6.45, 7) is 1.60. The van der Waals surface area contributed by atoms with Crippen LogP contribution in [0.2, 0.25) is 0 Å². The second kappa shape index (κ2) is 5.61. The number of hydrogen-bond donors (Lipinski definition) is 1. The van der Waals surface area contributed by atoms with E-state index in [1.807, 2.05) is 4.90 Å². The lowest BCUT2D eigenvalue weighted by Crippen LogP contribution is -2.44. The van der Waals surface area contributed by atoms with Gasteiger partial charge in [0.2, 0.25) is 0 Å². The van der Waals surface area contributed by atoms with Crippen molar-refractivity contribution < 1.29 is 9.90 Å². The second-order valence-corrected chi connectivity index (χ2v) is 3.65. The average molecular weight is 196 g/mol. The molecule has 1 N–H and O–H groups in total. The van der Waals surface area contributed by atoms with Crippen molar-refractivity contribution in [2.45, 2.75) is 38.1 Å². The van der Waals surface area contributed by atoms with Crippen LogP contribution < -0.4 is 0 Å². The molecule has 0 aliphatic carbocycles. The highest BCUT2D eigenvalue weighted by Gasteiger charge is 2.27. The van der Waals surface area contributed by atoms with E-state index >= 15 is 0 Å². The predicted molar refractivity (Wildman–Crippen MR) is 51.7 cm³/mol. The van der Waals surface area contributed by atoms with Gasteiger partial charge in [0.1, 0.15) is 6.04 Å². The normalized spacial score (nSPS) is 22.9. The molecule has 14 heavy (non-hydrogen) atoms. The highest BCUT2D eigenvalue weighted by molar-refractivity contribution is 5.73. The molecular formula is C10H16N2O2. The van der Waals surface area contributed by atoms with Gasteiger partial charge in [0.05, 0.1) is 6.07 Å². The van der Waals surface area contributed by atoms with E-state index in [4.69, 9.17) is 10.4 Å². The Morgan fingerprint density at radius 3 is 3.00 bits per heavy atom. The van der Waals surface area contributed by atoms with Crippen molar-refractivity contribution in [1.29, 1.82) is 5.26 Å². The molecule has 0 amide bonds. The number of piperidine rings is 1. The van der Waals surface area contributed by atoms with Crippen LogP contribution in [-0.4, -0.2) is 35.1 Å². The first-order valence-electron chi connectivity index (χ1n) is 5.09. The molecule has 1 heterocycles. The van der Waals surface area contributed by atoms with Gasteiger partial charge in [-0.1, -0.05) is 6.42 Å². The average Bonchev–Trinajstić information content (AvgIpc) is 2.19. The summed E-state index contributed by atoms with van der Waals surface area (Å²) < 4.78 is 0. The number of carboxylic acid groups (broad SMARTS) is 1. The molecule has 4 nitrogen and oxygen atoms in total. The number of carbonyl (C=O) groups is 1. The Morgan fingerprint density at radius 1 is 1.57 bits per heavy atom. The maximum absolute atomic E-state index is 10.9. The van der Waals surface area contributed by atoms with Crippen molar-refractivity contribution in [3.05, 3.63) is 0 Å². The third-order valence-electron chi connectivity index (χ3n) is 2.63. The lowest BCUT2D eigenvalue weighted by atomic mass is 10.0. The molecule has 1 saturated heterocycles. The molecule has 1 fully saturated rings. The smallest absolute Gasteiger partial charge is 0.320 e. The highest BCUT2D eigenvalue weighted by atomic mass is 16.4. The zero-order valence-corrected chi connectivity index (χ0v) is 8.28. The van der Waals surface area contributed by atoms with Crippen LogP contribution in [0.4, 0.5) is 0 Å². The number of nitrogens with zero attached hydrogens (tertiary/aromatic N) is 2. The Hall–Kier alpha value is -1.08. The monoisotopic (exact) mass is 196 g/mol. The maximum atomic E-state index is 10.9. The van der Waals surface area contributed by atoms with Crippen LogP contribution in [0.5, 0.6) is 0 Å². The van der Waals surface area contributed by atoms with Gasteiger partial charge in [-0.25, -0.2) is 0 Å². The van der Waals surface area contributed by atoms with Gasteiger partial charge in [0.15, 0.2) is 0 Å². The van der Waals surface area contributed by atoms with Crippen LogP contribution in [0.15, 0.2) is 0 Å². The summed E-state index contributed by atoms with van der Waals surface area (Å²) in [5, 5.41) is 17.3. The van der Waals surface area contributed by atoms with Crippen LogP contribution in [0.3, 0.4) is 0 Å². The Balaban J connectivity index is 2.38. The van der Waals surface area contributed by atoms with Gasteiger partial charge in [-0.2, -0.15) is 5.26 Å². The van der Waals surface area contributed by atoms with E-state index < -0.39 is 5.97 Å². The second-order valence-electron chi connectivity index (χ2n) is 3.65. The molecule has 1 atom stereocenters. The summed E-state index contributed by atoms with van der Waals surface area (Å²) in [5.41, 5.74) is 0. The van der Waals surface area contributed by atoms with Gasteiger partial charge in [0, 0.05) is 6.42 Å². The Bertz CT molecular complexity index is 235. The Kier molecular flexibility index (Phi) is 4.41. The fourth-order valence-corrected chi connectivity index (χ4v) is 1.90. The molecule has 4 heteroatoms. The number of unbranched alkanes of at least 4 members (excludes halogenated alkanes) is 1. The third kappa shape index (κ3) is 3.00. The van der Waals surface area contributed by atoms with Crippen molar-refractivity contribution in [2.75, 3.05) is 13.1 Å². The van der Waals surface area contributed by atoms with Crippen molar-refractivity contribution >= 4 is 5.97 Å². The summed E-state index contributed by atoms with van der Waals surface area (Å²) in [6, 6.07) is 1.76. The summed E-state index contributed by atoms with van der Waals surface area (Å²) in [4.78, 5) is 12.9. The largest absolute Gasteiger partial charge is 0.480 e. The highest BCUT2D eigenvalue weighted by Crippen LogP contribution is 2.17. The zero-order chi connectivity index (χ0) is 10.4. The van der Waals surface area contributed by atoms with E-state index in [1.165, 1.54) is 0 Å². The van der Waals surface area contributed by atoms with E-state index in [9.17, 15) is 4.79 Å².